The Morgan fingerprint density at radius 1 is 1.33 bits per heavy atom. The van der Waals surface area contributed by atoms with Crippen LogP contribution in [0.5, 0.6) is 0 Å². The first-order chi connectivity index (χ1) is 11.5. The molecule has 1 aliphatic rings. The highest BCUT2D eigenvalue weighted by molar-refractivity contribution is 6.28. The van der Waals surface area contributed by atoms with E-state index in [2.05, 4.69) is 15.0 Å². The first-order valence-corrected chi connectivity index (χ1v) is 7.66. The lowest BCUT2D eigenvalue weighted by molar-refractivity contribution is -0.114. The molecule has 3 rings (SSSR count). The molecular weight excluding hydrogens is 338 g/mol. The molecule has 0 N–H and O–H groups in total. The minimum absolute atomic E-state index is 0.0613. The summed E-state index contributed by atoms with van der Waals surface area (Å²) in [6.07, 6.45) is 2.12. The number of carbonyl (C=O) groups excluding carboxylic acids is 1. The van der Waals surface area contributed by atoms with Crippen LogP contribution in [0.3, 0.4) is 0 Å². The number of aliphatic imine (C=N–C) groups is 1. The van der Waals surface area contributed by atoms with E-state index in [1.807, 2.05) is 0 Å². The molecule has 1 aromatic heterocycles. The zero-order valence-corrected chi connectivity index (χ0v) is 13.5. The molecule has 1 aromatic carbocycles. The number of rotatable bonds is 3. The Morgan fingerprint density at radius 3 is 2.83 bits per heavy atom. The van der Waals surface area contributed by atoms with Crippen LogP contribution in [0, 0.1) is 18.6 Å². The molecular formula is C16H13ClF2N4O. The van der Waals surface area contributed by atoms with Gasteiger partial charge in [-0.3, -0.25) is 4.79 Å². The van der Waals surface area contributed by atoms with E-state index in [-0.39, 0.29) is 16.5 Å². The van der Waals surface area contributed by atoms with Crippen molar-refractivity contribution in [3.63, 3.8) is 0 Å². The Morgan fingerprint density at radius 2 is 2.12 bits per heavy atom. The summed E-state index contributed by atoms with van der Waals surface area (Å²) < 4.78 is 27.4. The molecule has 1 aliphatic heterocycles. The zero-order valence-electron chi connectivity index (χ0n) is 12.8. The summed E-state index contributed by atoms with van der Waals surface area (Å²) in [6.45, 7) is 2.24. The first kappa shape index (κ1) is 16.4. The smallest absolute Gasteiger partial charge is 0.223 e. The number of amidine groups is 1. The lowest BCUT2D eigenvalue weighted by Crippen LogP contribution is -2.22. The van der Waals surface area contributed by atoms with Crippen molar-refractivity contribution >= 4 is 29.5 Å². The van der Waals surface area contributed by atoms with Gasteiger partial charge in [0, 0.05) is 24.6 Å². The van der Waals surface area contributed by atoms with Gasteiger partial charge in [0.1, 0.15) is 28.9 Å². The van der Waals surface area contributed by atoms with Gasteiger partial charge in [-0.15, -0.1) is 0 Å². The summed E-state index contributed by atoms with van der Waals surface area (Å²) in [4.78, 5) is 25.1. The molecule has 0 aliphatic carbocycles. The van der Waals surface area contributed by atoms with Crippen LogP contribution in [0.1, 0.15) is 18.5 Å². The summed E-state index contributed by atoms with van der Waals surface area (Å²) in [7, 11) is 0. The van der Waals surface area contributed by atoms with Crippen LogP contribution in [0.4, 0.5) is 14.5 Å². The van der Waals surface area contributed by atoms with Crippen molar-refractivity contribution in [3.05, 3.63) is 40.8 Å². The number of likely N-dealkylation sites (tertiary alicyclic amines) is 1. The fourth-order valence-electron chi connectivity index (χ4n) is 2.58. The lowest BCUT2D eigenvalue weighted by atomic mass is 10.1. The summed E-state index contributed by atoms with van der Waals surface area (Å²) in [5.74, 6) is -0.906. The molecule has 8 heteroatoms. The summed E-state index contributed by atoms with van der Waals surface area (Å²) in [5, 5.41) is -0.0613. The van der Waals surface area contributed by atoms with Gasteiger partial charge in [-0.1, -0.05) is 0 Å². The highest BCUT2D eigenvalue weighted by atomic mass is 35.5. The molecule has 2 heterocycles. The molecule has 0 atom stereocenters. The van der Waals surface area contributed by atoms with Gasteiger partial charge >= 0.3 is 0 Å². The third-order valence-electron chi connectivity index (χ3n) is 3.72. The van der Waals surface area contributed by atoms with Gasteiger partial charge in [0.25, 0.3) is 0 Å². The van der Waals surface area contributed by atoms with Crippen molar-refractivity contribution in [3.8, 4) is 11.3 Å². The number of hydrogen-bond donors (Lipinski definition) is 0. The number of hydrogen-bond acceptors (Lipinski definition) is 4. The molecule has 1 saturated heterocycles. The van der Waals surface area contributed by atoms with Crippen molar-refractivity contribution < 1.29 is 13.6 Å². The summed E-state index contributed by atoms with van der Waals surface area (Å²) in [6, 6.07) is 3.18. The highest BCUT2D eigenvalue weighted by Crippen LogP contribution is 2.34. The average Bonchev–Trinajstić information content (AvgIpc) is 2.97. The Labute approximate surface area is 142 Å². The van der Waals surface area contributed by atoms with Crippen molar-refractivity contribution in [2.45, 2.75) is 19.8 Å². The largest absolute Gasteiger partial charge is 0.303 e. The SMILES string of the molecule is Cc1nc(Cl)nc(-c2ccc(F)cc2F)c1N=C1CCCN1C=O. The quantitative estimate of drug-likeness (QED) is 0.627. The molecule has 1 fully saturated rings. The number of benzene rings is 1. The number of nitrogens with zero attached hydrogens (tertiary/aromatic N) is 4. The van der Waals surface area contributed by atoms with Gasteiger partial charge in [0.15, 0.2) is 0 Å². The second-order valence-corrected chi connectivity index (χ2v) is 5.67. The third kappa shape index (κ3) is 3.12. The molecule has 5 nitrogen and oxygen atoms in total. The lowest BCUT2D eigenvalue weighted by Gasteiger charge is -2.13. The average molecular weight is 351 g/mol. The van der Waals surface area contributed by atoms with Gasteiger partial charge in [-0.2, -0.15) is 0 Å². The van der Waals surface area contributed by atoms with Crippen LogP contribution in [-0.4, -0.2) is 33.7 Å². The molecule has 0 bridgehead atoms. The molecule has 1 amide bonds. The maximum Gasteiger partial charge on any atom is 0.223 e. The van der Waals surface area contributed by atoms with Gasteiger partial charge in [-0.05, 0) is 37.1 Å². The predicted octanol–water partition coefficient (Wildman–Crippen LogP) is 3.67. The van der Waals surface area contributed by atoms with Crippen molar-refractivity contribution in [2.24, 2.45) is 4.99 Å². The van der Waals surface area contributed by atoms with Crippen LogP contribution in [0.15, 0.2) is 23.2 Å². The molecule has 0 saturated carbocycles. The zero-order chi connectivity index (χ0) is 17.3. The van der Waals surface area contributed by atoms with Gasteiger partial charge in [0.05, 0.1) is 5.69 Å². The second-order valence-electron chi connectivity index (χ2n) is 5.33. The van der Waals surface area contributed by atoms with E-state index < -0.39 is 11.6 Å². The fourth-order valence-corrected chi connectivity index (χ4v) is 2.79. The molecule has 0 unspecified atom stereocenters. The molecule has 0 radical (unpaired) electrons. The van der Waals surface area contributed by atoms with Gasteiger partial charge < -0.3 is 4.90 Å². The van der Waals surface area contributed by atoms with Crippen LogP contribution in [0.2, 0.25) is 5.28 Å². The number of aryl methyl sites for hydroxylation is 1. The number of halogens is 3. The van der Waals surface area contributed by atoms with E-state index in [0.717, 1.165) is 18.6 Å². The number of amides is 1. The van der Waals surface area contributed by atoms with Crippen molar-refractivity contribution in [2.75, 3.05) is 6.54 Å². The van der Waals surface area contributed by atoms with Gasteiger partial charge in [0.2, 0.25) is 11.7 Å². The van der Waals surface area contributed by atoms with Crippen molar-refractivity contribution in [1.82, 2.24) is 14.9 Å². The number of aromatic nitrogens is 2. The first-order valence-electron chi connectivity index (χ1n) is 7.28. The second kappa shape index (κ2) is 6.60. The maximum atomic E-state index is 14.2. The topological polar surface area (TPSA) is 58.5 Å². The molecule has 124 valence electrons. The van der Waals surface area contributed by atoms with Crippen LogP contribution in [0.25, 0.3) is 11.3 Å². The Hall–Kier alpha value is -2.41. The highest BCUT2D eigenvalue weighted by Gasteiger charge is 2.21. The van der Waals surface area contributed by atoms with E-state index in [4.69, 9.17) is 11.6 Å². The summed E-state index contributed by atoms with van der Waals surface area (Å²) in [5.41, 5.74) is 0.988. The van der Waals surface area contributed by atoms with Crippen LogP contribution in [-0.2, 0) is 4.79 Å². The van der Waals surface area contributed by atoms with Crippen LogP contribution < -0.4 is 0 Å². The maximum absolute atomic E-state index is 14.2. The molecule has 24 heavy (non-hydrogen) atoms. The van der Waals surface area contributed by atoms with Crippen LogP contribution >= 0.6 is 11.6 Å². The van der Waals surface area contributed by atoms with Gasteiger partial charge in [-0.25, -0.2) is 23.7 Å². The monoisotopic (exact) mass is 350 g/mol. The minimum atomic E-state index is -0.774. The van der Waals surface area contributed by atoms with E-state index in [0.29, 0.717) is 36.6 Å². The predicted molar refractivity (Wildman–Crippen MR) is 86.2 cm³/mol. The van der Waals surface area contributed by atoms with E-state index >= 15 is 0 Å². The Bertz CT molecular complexity index is 841. The molecule has 2 aromatic rings. The van der Waals surface area contributed by atoms with Crippen molar-refractivity contribution in [1.29, 1.82) is 0 Å². The van der Waals surface area contributed by atoms with E-state index in [1.54, 1.807) is 6.92 Å². The van der Waals surface area contributed by atoms with E-state index in [1.165, 1.54) is 11.0 Å². The molecule has 0 spiro atoms. The Balaban J connectivity index is 2.19. The standard InChI is InChI=1S/C16H13ClF2N4O/c1-9-14(21-13-3-2-6-23(13)8-24)15(22-16(17)20-9)11-5-4-10(18)7-12(11)19/h4-5,7-8H,2-3,6H2,1H3. The number of carbonyl (C=O) groups is 1. The van der Waals surface area contributed by atoms with E-state index in [9.17, 15) is 13.6 Å². The third-order valence-corrected chi connectivity index (χ3v) is 3.89. The normalized spacial score (nSPS) is 16.0. The minimum Gasteiger partial charge on any atom is -0.303 e. The summed E-state index contributed by atoms with van der Waals surface area (Å²) >= 11 is 5.89. The fraction of sp³-hybridized carbons (Fsp3) is 0.250. The Kier molecular flexibility index (Phi) is 4.53.